The smallest absolute Gasteiger partial charge is 0.295 e. The molecule has 66 valence electrons. The fraction of sp³-hybridized carbons (Fsp3) is 0.500. The van der Waals surface area contributed by atoms with Gasteiger partial charge in [0.05, 0.1) is 0 Å². The van der Waals surface area contributed by atoms with Gasteiger partial charge in [0.1, 0.15) is 6.73 Å². The molecule has 0 aliphatic carbocycles. The van der Waals surface area contributed by atoms with Crippen LogP contribution in [0.1, 0.15) is 0 Å². The molecule has 0 heterocycles. The molecule has 11 heavy (non-hydrogen) atoms. The molecule has 0 aliphatic rings. The van der Waals surface area contributed by atoms with E-state index in [4.69, 9.17) is 9.81 Å². The van der Waals surface area contributed by atoms with Crippen LogP contribution in [0.4, 0.5) is 4.79 Å². The van der Waals surface area contributed by atoms with Gasteiger partial charge in [0.2, 0.25) is 0 Å². The van der Waals surface area contributed by atoms with Crippen molar-refractivity contribution >= 4 is 17.5 Å². The molecule has 0 radical (unpaired) electrons. The van der Waals surface area contributed by atoms with Crippen molar-refractivity contribution in [2.24, 2.45) is 0 Å². The van der Waals surface area contributed by atoms with Gasteiger partial charge >= 0.3 is 17.5 Å². The highest BCUT2D eigenvalue weighted by molar-refractivity contribution is 7.74. The SMILES string of the molecule is O=C(NCOS(=O)O)OOO. The third-order valence-corrected chi connectivity index (χ3v) is 0.809. The van der Waals surface area contributed by atoms with Crippen molar-refractivity contribution in [3.05, 3.63) is 0 Å². The van der Waals surface area contributed by atoms with E-state index in [0.717, 1.165) is 0 Å². The Morgan fingerprint density at radius 3 is 2.73 bits per heavy atom. The Hall–Kier alpha value is -0.740. The van der Waals surface area contributed by atoms with Crippen LogP contribution in [0.25, 0.3) is 0 Å². The van der Waals surface area contributed by atoms with Gasteiger partial charge in [-0.3, -0.25) is 9.87 Å². The zero-order chi connectivity index (χ0) is 8.69. The van der Waals surface area contributed by atoms with Crippen LogP contribution in [0, 0.1) is 0 Å². The van der Waals surface area contributed by atoms with E-state index in [1.54, 1.807) is 5.32 Å². The summed E-state index contributed by atoms with van der Waals surface area (Å²) in [6.07, 6.45) is -1.15. The summed E-state index contributed by atoms with van der Waals surface area (Å²) < 4.78 is 21.7. The zero-order valence-electron chi connectivity index (χ0n) is 5.05. The van der Waals surface area contributed by atoms with Crippen molar-refractivity contribution in [2.45, 2.75) is 0 Å². The molecule has 0 saturated carbocycles. The Balaban J connectivity index is 3.24. The highest BCUT2D eigenvalue weighted by Crippen LogP contribution is 1.78. The second-order valence-corrected chi connectivity index (χ2v) is 1.77. The Morgan fingerprint density at radius 1 is 1.64 bits per heavy atom. The molecule has 3 N–H and O–H groups in total. The maximum Gasteiger partial charge on any atom is 0.443 e. The number of rotatable bonds is 4. The summed E-state index contributed by atoms with van der Waals surface area (Å²) in [5.41, 5.74) is 0. The second kappa shape index (κ2) is 6.00. The Kier molecular flexibility index (Phi) is 5.60. The minimum atomic E-state index is -2.46. The highest BCUT2D eigenvalue weighted by Gasteiger charge is 2.01. The Labute approximate surface area is 63.4 Å². The Morgan fingerprint density at radius 2 is 2.27 bits per heavy atom. The van der Waals surface area contributed by atoms with Crippen molar-refractivity contribution in [1.29, 1.82) is 0 Å². The van der Waals surface area contributed by atoms with E-state index in [0.29, 0.717) is 0 Å². The first-order chi connectivity index (χ1) is 5.16. The molecule has 0 aliphatic heterocycles. The lowest BCUT2D eigenvalue weighted by Gasteiger charge is -1.99. The Bertz CT molecular complexity index is 147. The van der Waals surface area contributed by atoms with Gasteiger partial charge in [0.25, 0.3) is 0 Å². The predicted octanol–water partition coefficient (Wildman–Crippen LogP) is -0.772. The maximum atomic E-state index is 10.1. The van der Waals surface area contributed by atoms with E-state index >= 15 is 0 Å². The van der Waals surface area contributed by atoms with Crippen LogP contribution in [0.3, 0.4) is 0 Å². The van der Waals surface area contributed by atoms with E-state index in [9.17, 15) is 9.00 Å². The normalized spacial score (nSPS) is 12.2. The van der Waals surface area contributed by atoms with Gasteiger partial charge in [-0.15, -0.1) is 0 Å². The quantitative estimate of drug-likeness (QED) is 0.229. The highest BCUT2D eigenvalue weighted by atomic mass is 32.2. The summed E-state index contributed by atoms with van der Waals surface area (Å²) in [5, 5.41) is 12.3. The van der Waals surface area contributed by atoms with Gasteiger partial charge in [0, 0.05) is 0 Å². The lowest BCUT2D eigenvalue weighted by molar-refractivity contribution is -0.456. The molecule has 0 aromatic heterocycles. The van der Waals surface area contributed by atoms with Gasteiger partial charge in [-0.1, -0.05) is 0 Å². The fourth-order valence-electron chi connectivity index (χ4n) is 0.202. The minimum Gasteiger partial charge on any atom is -0.295 e. The number of amides is 1. The lowest BCUT2D eigenvalue weighted by Crippen LogP contribution is -2.26. The molecular formula is C2H5NO7S. The molecule has 0 aromatic rings. The number of carbonyl (C=O) groups is 1. The first-order valence-electron chi connectivity index (χ1n) is 2.17. The van der Waals surface area contributed by atoms with Gasteiger partial charge in [-0.2, -0.15) is 4.21 Å². The molecule has 8 nitrogen and oxygen atoms in total. The van der Waals surface area contributed by atoms with Crippen molar-refractivity contribution in [1.82, 2.24) is 5.32 Å². The molecule has 0 bridgehead atoms. The summed E-state index contributed by atoms with van der Waals surface area (Å²) >= 11 is -2.46. The monoisotopic (exact) mass is 187 g/mol. The third-order valence-electron chi connectivity index (χ3n) is 0.489. The zero-order valence-corrected chi connectivity index (χ0v) is 5.87. The van der Waals surface area contributed by atoms with Crippen LogP contribution < -0.4 is 5.32 Å². The molecule has 0 aromatic carbocycles. The van der Waals surface area contributed by atoms with Crippen LogP contribution in [-0.4, -0.2) is 26.8 Å². The van der Waals surface area contributed by atoms with Crippen molar-refractivity contribution in [2.75, 3.05) is 6.73 Å². The third kappa shape index (κ3) is 7.15. The molecule has 1 atom stereocenters. The van der Waals surface area contributed by atoms with Gasteiger partial charge < -0.3 is 0 Å². The molecule has 0 saturated heterocycles. The van der Waals surface area contributed by atoms with E-state index < -0.39 is 24.2 Å². The molecule has 0 rings (SSSR count). The molecule has 0 spiro atoms. The molecule has 0 fully saturated rings. The summed E-state index contributed by atoms with van der Waals surface area (Å²) in [6, 6.07) is 0. The second-order valence-electron chi connectivity index (χ2n) is 1.10. The van der Waals surface area contributed by atoms with Crippen LogP contribution in [0.15, 0.2) is 0 Å². The van der Waals surface area contributed by atoms with E-state index in [1.807, 2.05) is 0 Å². The average molecular weight is 187 g/mol. The van der Waals surface area contributed by atoms with Crippen LogP contribution in [0.2, 0.25) is 0 Å². The van der Waals surface area contributed by atoms with Crippen molar-refractivity contribution in [3.8, 4) is 0 Å². The van der Waals surface area contributed by atoms with E-state index in [-0.39, 0.29) is 0 Å². The maximum absolute atomic E-state index is 10.1. The summed E-state index contributed by atoms with van der Waals surface area (Å²) in [4.78, 5) is 13.6. The summed E-state index contributed by atoms with van der Waals surface area (Å²) in [5.74, 6) is 0. The topological polar surface area (TPSA) is 114 Å². The number of carbonyl (C=O) groups excluding carboxylic acids is 1. The molecule has 1 amide bonds. The molecular weight excluding hydrogens is 182 g/mol. The summed E-state index contributed by atoms with van der Waals surface area (Å²) in [7, 11) is 0. The number of nitrogens with one attached hydrogen (secondary N) is 1. The van der Waals surface area contributed by atoms with Crippen molar-refractivity contribution < 1.29 is 32.9 Å². The lowest BCUT2D eigenvalue weighted by atomic mass is 11.1. The van der Waals surface area contributed by atoms with Gasteiger partial charge in [-0.25, -0.2) is 19.1 Å². The van der Waals surface area contributed by atoms with E-state index in [2.05, 4.69) is 14.1 Å². The molecule has 1 unspecified atom stereocenters. The van der Waals surface area contributed by atoms with Gasteiger partial charge in [-0.05, 0) is 5.04 Å². The number of hydrogen-bond acceptors (Lipinski definition) is 6. The van der Waals surface area contributed by atoms with Crippen LogP contribution in [-0.2, 0) is 25.5 Å². The average Bonchev–Trinajstić information content (AvgIpc) is 1.87. The predicted molar refractivity (Wildman–Crippen MR) is 30.1 cm³/mol. The van der Waals surface area contributed by atoms with Crippen LogP contribution >= 0.6 is 0 Å². The van der Waals surface area contributed by atoms with Gasteiger partial charge in [0.15, 0.2) is 0 Å². The largest absolute Gasteiger partial charge is 0.443 e. The standard InChI is InChI=1S/C2H5NO7S/c4-2(9-10-5)3-1-8-11(6)7/h5H,1H2,(H,3,4)(H,6,7). The van der Waals surface area contributed by atoms with E-state index in [1.165, 1.54) is 0 Å². The van der Waals surface area contributed by atoms with Crippen LogP contribution in [0.5, 0.6) is 0 Å². The summed E-state index contributed by atoms with van der Waals surface area (Å²) in [6.45, 7) is -0.536. The number of hydrogen-bond donors (Lipinski definition) is 3. The first-order valence-corrected chi connectivity index (χ1v) is 3.20. The first kappa shape index (κ1) is 10.3. The van der Waals surface area contributed by atoms with Crippen molar-refractivity contribution in [3.63, 3.8) is 0 Å². The molecule has 9 heteroatoms. The minimum absolute atomic E-state index is 0.536. The fourth-order valence-corrected chi connectivity index (χ4v) is 0.362.